The van der Waals surface area contributed by atoms with Gasteiger partial charge in [0.05, 0.1) is 18.5 Å². The van der Waals surface area contributed by atoms with Crippen molar-refractivity contribution >= 4 is 39.5 Å². The zero-order valence-electron chi connectivity index (χ0n) is 22.1. The zero-order valence-corrected chi connectivity index (χ0v) is 22.1. The molecule has 0 atom stereocenters. The van der Waals surface area contributed by atoms with Crippen LogP contribution < -0.4 is 25.8 Å². The van der Waals surface area contributed by atoms with Crippen molar-refractivity contribution in [1.82, 2.24) is 24.3 Å². The summed E-state index contributed by atoms with van der Waals surface area (Å²) in [7, 11) is 1.57. The summed E-state index contributed by atoms with van der Waals surface area (Å²) in [4.78, 5) is 32.4. The van der Waals surface area contributed by atoms with Crippen LogP contribution in [-0.2, 0) is 6.54 Å². The predicted octanol–water partition coefficient (Wildman–Crippen LogP) is 5.23. The fourth-order valence-corrected chi connectivity index (χ4v) is 4.68. The second kappa shape index (κ2) is 10.4. The second-order valence-electron chi connectivity index (χ2n) is 9.02. The van der Waals surface area contributed by atoms with Gasteiger partial charge < -0.3 is 19.9 Å². The van der Waals surface area contributed by atoms with Gasteiger partial charge in [0.1, 0.15) is 22.8 Å². The number of carbonyl (C=O) groups is 1. The number of anilines is 2. The highest BCUT2D eigenvalue weighted by atomic mass is 16.5. The van der Waals surface area contributed by atoms with Crippen LogP contribution >= 0.6 is 0 Å². The Kier molecular flexibility index (Phi) is 6.48. The molecule has 0 unspecified atom stereocenters. The fraction of sp³-hybridized carbons (Fsp3) is 0.103. The molecular weight excluding hydrogens is 526 g/mol. The quantitative estimate of drug-likeness (QED) is 0.212. The molecule has 3 aromatic carbocycles. The first-order chi connectivity index (χ1) is 19.9. The number of aryl methyl sites for hydroxylation is 1. The first-order valence-corrected chi connectivity index (χ1v) is 12.7. The van der Waals surface area contributed by atoms with Gasteiger partial charge in [-0.15, -0.1) is 5.10 Å². The largest absolute Gasteiger partial charge is 0.497 e. The number of urea groups is 1. The normalized spacial score (nSPS) is 11.1. The van der Waals surface area contributed by atoms with E-state index < -0.39 is 6.03 Å². The Labute approximate surface area is 232 Å². The van der Waals surface area contributed by atoms with Crippen LogP contribution in [0.4, 0.5) is 16.3 Å². The standard InChI is InChI=1S/C29H25N7O5/c1-3-35-26-23(14-15-30-27(26)33-29(35)39)41-22-13-12-21(19-6-4-5-7-20(19)22)31-28(38)32-24-16-25(37)34-36(24)17-8-10-18(40-2)11-9-17/h4-16H,3H2,1-2H3,(H,34,37)(H,30,33,39)(H2,31,32,38). The van der Waals surface area contributed by atoms with E-state index in [1.807, 2.05) is 31.2 Å². The molecule has 6 aromatic rings. The topological polar surface area (TPSA) is 148 Å². The molecule has 12 heteroatoms. The average Bonchev–Trinajstić information content (AvgIpc) is 3.52. The van der Waals surface area contributed by atoms with E-state index in [0.717, 1.165) is 10.8 Å². The van der Waals surface area contributed by atoms with Gasteiger partial charge in [-0.2, -0.15) is 0 Å². The molecule has 0 aliphatic heterocycles. The van der Waals surface area contributed by atoms with Crippen molar-refractivity contribution in [2.45, 2.75) is 13.5 Å². The molecule has 0 fully saturated rings. The van der Waals surface area contributed by atoms with Crippen molar-refractivity contribution in [2.24, 2.45) is 0 Å². The highest BCUT2D eigenvalue weighted by molar-refractivity contribution is 6.07. The van der Waals surface area contributed by atoms with E-state index >= 15 is 0 Å². The van der Waals surface area contributed by atoms with Crippen molar-refractivity contribution in [3.8, 4) is 28.8 Å². The number of carbonyl (C=O) groups excluding carboxylic acids is 1. The average molecular weight is 552 g/mol. The number of amides is 2. The molecule has 0 aliphatic rings. The molecule has 0 aliphatic carbocycles. The van der Waals surface area contributed by atoms with Gasteiger partial charge in [-0.05, 0) is 43.3 Å². The fourth-order valence-electron chi connectivity index (χ4n) is 4.68. The number of nitrogens with one attached hydrogen (secondary N) is 3. The number of hydrogen-bond donors (Lipinski definition) is 4. The number of aromatic nitrogens is 5. The molecule has 206 valence electrons. The maximum atomic E-state index is 13.1. The highest BCUT2D eigenvalue weighted by Crippen LogP contribution is 2.36. The summed E-state index contributed by atoms with van der Waals surface area (Å²) < 4.78 is 14.5. The number of hydrogen-bond acceptors (Lipinski definition) is 7. The smallest absolute Gasteiger partial charge is 0.327 e. The Morgan fingerprint density at radius 1 is 1.00 bits per heavy atom. The molecule has 0 saturated heterocycles. The number of ether oxygens (including phenoxy) is 2. The molecule has 12 nitrogen and oxygen atoms in total. The lowest BCUT2D eigenvalue weighted by atomic mass is 10.1. The summed E-state index contributed by atoms with van der Waals surface area (Å²) in [6.45, 7) is 2.33. The van der Waals surface area contributed by atoms with E-state index in [9.17, 15) is 14.7 Å². The number of H-pyrrole nitrogens is 1. The monoisotopic (exact) mass is 551 g/mol. The van der Waals surface area contributed by atoms with E-state index in [1.54, 1.807) is 60.3 Å². The number of pyridine rings is 1. The Morgan fingerprint density at radius 2 is 1.78 bits per heavy atom. The summed E-state index contributed by atoms with van der Waals surface area (Å²) in [5.41, 5.74) is 1.91. The number of aromatic amines is 1. The van der Waals surface area contributed by atoms with E-state index in [2.05, 4.69) is 25.7 Å². The van der Waals surface area contributed by atoms with Crippen LogP contribution in [0.1, 0.15) is 6.92 Å². The van der Waals surface area contributed by atoms with Crippen molar-refractivity contribution in [3.05, 3.63) is 89.5 Å². The number of methoxy groups -OCH3 is 1. The predicted molar refractivity (Wildman–Crippen MR) is 154 cm³/mol. The van der Waals surface area contributed by atoms with Crippen LogP contribution in [0, 0.1) is 0 Å². The molecule has 0 bridgehead atoms. The molecule has 6 rings (SSSR count). The minimum Gasteiger partial charge on any atom is -0.497 e. The SMILES string of the molecule is CCn1c(=O)[nH]c2nccc(Oc3ccc(NC(=O)Nc4cc(O)nn4-c4ccc(OC)cc4)c4ccccc34)c21. The van der Waals surface area contributed by atoms with Crippen molar-refractivity contribution < 1.29 is 19.4 Å². The van der Waals surface area contributed by atoms with Crippen molar-refractivity contribution in [1.29, 1.82) is 0 Å². The lowest BCUT2D eigenvalue weighted by Crippen LogP contribution is -2.21. The van der Waals surface area contributed by atoms with Crippen LogP contribution in [0.3, 0.4) is 0 Å². The minimum atomic E-state index is -0.534. The lowest BCUT2D eigenvalue weighted by molar-refractivity contribution is 0.262. The van der Waals surface area contributed by atoms with Crippen LogP contribution in [0.15, 0.2) is 83.8 Å². The highest BCUT2D eigenvalue weighted by Gasteiger charge is 2.17. The first kappa shape index (κ1) is 25.5. The van der Waals surface area contributed by atoms with E-state index in [-0.39, 0.29) is 17.4 Å². The summed E-state index contributed by atoms with van der Waals surface area (Å²) in [6.07, 6.45) is 1.57. The van der Waals surface area contributed by atoms with Crippen molar-refractivity contribution in [2.75, 3.05) is 17.7 Å². The van der Waals surface area contributed by atoms with E-state index in [0.29, 0.717) is 46.3 Å². The number of benzene rings is 3. The number of fused-ring (bicyclic) bond motifs is 2. The second-order valence-corrected chi connectivity index (χ2v) is 9.02. The molecule has 3 heterocycles. The lowest BCUT2D eigenvalue weighted by Gasteiger charge is -2.15. The molecule has 3 aromatic heterocycles. The molecule has 0 spiro atoms. The summed E-state index contributed by atoms with van der Waals surface area (Å²) in [5.74, 6) is 1.70. The minimum absolute atomic E-state index is 0.246. The maximum Gasteiger partial charge on any atom is 0.327 e. The third kappa shape index (κ3) is 4.78. The molecule has 0 radical (unpaired) electrons. The number of nitrogens with zero attached hydrogens (tertiary/aromatic N) is 4. The van der Waals surface area contributed by atoms with Crippen LogP contribution in [0.5, 0.6) is 23.1 Å². The van der Waals surface area contributed by atoms with Gasteiger partial charge in [0, 0.05) is 35.6 Å². The van der Waals surface area contributed by atoms with Gasteiger partial charge in [-0.1, -0.05) is 24.3 Å². The maximum absolute atomic E-state index is 13.1. The van der Waals surface area contributed by atoms with Crippen molar-refractivity contribution in [3.63, 3.8) is 0 Å². The Bertz CT molecular complexity index is 1960. The van der Waals surface area contributed by atoms with Crippen LogP contribution in [0.25, 0.3) is 27.6 Å². The van der Waals surface area contributed by atoms with Gasteiger partial charge in [0.25, 0.3) is 0 Å². The number of rotatable bonds is 7. The Hall–Kier alpha value is -5.78. The Morgan fingerprint density at radius 3 is 2.54 bits per heavy atom. The van der Waals surface area contributed by atoms with Gasteiger partial charge >= 0.3 is 11.7 Å². The molecule has 41 heavy (non-hydrogen) atoms. The molecule has 0 saturated carbocycles. The molecular formula is C29H25N7O5. The number of aromatic hydroxyl groups is 1. The van der Waals surface area contributed by atoms with Gasteiger partial charge in [-0.25, -0.2) is 19.3 Å². The first-order valence-electron chi connectivity index (χ1n) is 12.7. The third-order valence-corrected chi connectivity index (χ3v) is 6.55. The molecule has 4 N–H and O–H groups in total. The van der Waals surface area contributed by atoms with Crippen LogP contribution in [-0.4, -0.2) is 42.6 Å². The number of imidazole rings is 1. The Balaban J connectivity index is 1.28. The summed E-state index contributed by atoms with van der Waals surface area (Å²) >= 11 is 0. The zero-order chi connectivity index (χ0) is 28.5. The summed E-state index contributed by atoms with van der Waals surface area (Å²) in [5, 5.41) is 21.2. The van der Waals surface area contributed by atoms with Crippen LogP contribution in [0.2, 0.25) is 0 Å². The van der Waals surface area contributed by atoms with E-state index in [4.69, 9.17) is 9.47 Å². The summed E-state index contributed by atoms with van der Waals surface area (Å²) in [6, 6.07) is 20.5. The molecule has 2 amide bonds. The van der Waals surface area contributed by atoms with E-state index in [1.165, 1.54) is 10.7 Å². The third-order valence-electron chi connectivity index (χ3n) is 6.55. The van der Waals surface area contributed by atoms with Gasteiger partial charge in [0.15, 0.2) is 11.4 Å². The van der Waals surface area contributed by atoms with Gasteiger partial charge in [0.2, 0.25) is 5.88 Å². The van der Waals surface area contributed by atoms with Gasteiger partial charge in [-0.3, -0.25) is 14.9 Å².